The molecule has 6 heteroatoms. The van der Waals surface area contributed by atoms with Gasteiger partial charge in [0.1, 0.15) is 0 Å². The molecule has 0 aromatic carbocycles. The maximum Gasteiger partial charge on any atom is 0.401 e. The maximum atomic E-state index is 12.2. The summed E-state index contributed by atoms with van der Waals surface area (Å²) in [5, 5.41) is 0. The van der Waals surface area contributed by atoms with Crippen LogP contribution in [-0.2, 0) is 4.79 Å². The van der Waals surface area contributed by atoms with Crippen LogP contribution in [0, 0.1) is 5.41 Å². The SMILES string of the molecule is CC(C)(C)C(=O)N1CCN(CC(F)(F)F)CC1. The molecule has 0 saturated carbocycles. The Bertz CT molecular complexity index is 275. The number of hydrogen-bond acceptors (Lipinski definition) is 2. The van der Waals surface area contributed by atoms with E-state index in [0.717, 1.165) is 0 Å². The average Bonchev–Trinajstić information content (AvgIpc) is 2.14. The van der Waals surface area contributed by atoms with Crippen LogP contribution < -0.4 is 0 Å². The molecule has 0 unspecified atom stereocenters. The normalized spacial score (nSPS) is 19.5. The third-order valence-electron chi connectivity index (χ3n) is 2.70. The van der Waals surface area contributed by atoms with Crippen LogP contribution in [0.4, 0.5) is 13.2 Å². The van der Waals surface area contributed by atoms with Crippen molar-refractivity contribution < 1.29 is 18.0 Å². The van der Waals surface area contributed by atoms with Gasteiger partial charge in [0.15, 0.2) is 0 Å². The molecule has 0 spiro atoms. The van der Waals surface area contributed by atoms with Gasteiger partial charge in [-0.15, -0.1) is 0 Å². The topological polar surface area (TPSA) is 23.6 Å². The summed E-state index contributed by atoms with van der Waals surface area (Å²) in [5.74, 6) is 0.00385. The largest absolute Gasteiger partial charge is 0.401 e. The number of carbonyl (C=O) groups excluding carboxylic acids is 1. The fraction of sp³-hybridized carbons (Fsp3) is 0.909. The Hall–Kier alpha value is -0.780. The Morgan fingerprint density at radius 3 is 1.88 bits per heavy atom. The molecule has 0 N–H and O–H groups in total. The average molecular weight is 252 g/mol. The summed E-state index contributed by atoms with van der Waals surface area (Å²) >= 11 is 0. The molecule has 1 amide bonds. The van der Waals surface area contributed by atoms with Gasteiger partial charge in [-0.05, 0) is 0 Å². The van der Waals surface area contributed by atoms with Crippen molar-refractivity contribution in [3.63, 3.8) is 0 Å². The smallest absolute Gasteiger partial charge is 0.340 e. The highest BCUT2D eigenvalue weighted by Crippen LogP contribution is 2.20. The van der Waals surface area contributed by atoms with Gasteiger partial charge < -0.3 is 4.90 Å². The van der Waals surface area contributed by atoms with Crippen molar-refractivity contribution in [2.45, 2.75) is 26.9 Å². The lowest BCUT2D eigenvalue weighted by Gasteiger charge is -2.37. The Kier molecular flexibility index (Phi) is 4.06. The summed E-state index contributed by atoms with van der Waals surface area (Å²) in [6, 6.07) is 0. The Morgan fingerprint density at radius 1 is 1.06 bits per heavy atom. The molecular formula is C11H19F3N2O. The highest BCUT2D eigenvalue weighted by Gasteiger charge is 2.34. The first-order valence-corrected chi connectivity index (χ1v) is 5.68. The molecular weight excluding hydrogens is 233 g/mol. The number of carbonyl (C=O) groups is 1. The van der Waals surface area contributed by atoms with Crippen molar-refractivity contribution in [3.8, 4) is 0 Å². The third-order valence-corrected chi connectivity index (χ3v) is 2.70. The molecule has 0 atom stereocenters. The van der Waals surface area contributed by atoms with Crippen LogP contribution in [0.2, 0.25) is 0 Å². The van der Waals surface area contributed by atoms with Gasteiger partial charge >= 0.3 is 6.18 Å². The Morgan fingerprint density at radius 2 is 1.53 bits per heavy atom. The molecule has 1 aliphatic heterocycles. The van der Waals surface area contributed by atoms with Crippen molar-refractivity contribution in [1.29, 1.82) is 0 Å². The van der Waals surface area contributed by atoms with Crippen molar-refractivity contribution in [1.82, 2.24) is 9.80 Å². The fourth-order valence-electron chi connectivity index (χ4n) is 1.84. The second-order valence-electron chi connectivity index (χ2n) is 5.43. The highest BCUT2D eigenvalue weighted by atomic mass is 19.4. The molecule has 0 bridgehead atoms. The van der Waals surface area contributed by atoms with Crippen LogP contribution in [0.3, 0.4) is 0 Å². The minimum Gasteiger partial charge on any atom is -0.340 e. The summed E-state index contributed by atoms with van der Waals surface area (Å²) in [4.78, 5) is 14.9. The van der Waals surface area contributed by atoms with Crippen molar-refractivity contribution in [2.75, 3.05) is 32.7 Å². The molecule has 0 aliphatic carbocycles. The van der Waals surface area contributed by atoms with Crippen LogP contribution in [-0.4, -0.2) is 54.6 Å². The van der Waals surface area contributed by atoms with Gasteiger partial charge in [0.05, 0.1) is 6.54 Å². The summed E-state index contributed by atoms with van der Waals surface area (Å²) in [6.45, 7) is 5.91. The van der Waals surface area contributed by atoms with Gasteiger partial charge in [-0.3, -0.25) is 9.69 Å². The molecule has 0 radical (unpaired) electrons. The van der Waals surface area contributed by atoms with E-state index in [2.05, 4.69) is 0 Å². The molecule has 1 rings (SSSR count). The summed E-state index contributed by atoms with van der Waals surface area (Å²) in [5.41, 5.74) is -0.466. The number of hydrogen-bond donors (Lipinski definition) is 0. The Balaban J connectivity index is 2.44. The lowest BCUT2D eigenvalue weighted by Crippen LogP contribution is -2.53. The molecule has 17 heavy (non-hydrogen) atoms. The number of rotatable bonds is 1. The van der Waals surface area contributed by atoms with E-state index in [1.807, 2.05) is 20.8 Å². The number of nitrogens with zero attached hydrogens (tertiary/aromatic N) is 2. The van der Waals surface area contributed by atoms with Gasteiger partial charge in [0.2, 0.25) is 5.91 Å². The first-order valence-electron chi connectivity index (χ1n) is 5.68. The molecule has 1 saturated heterocycles. The second-order valence-corrected chi connectivity index (χ2v) is 5.43. The zero-order chi connectivity index (χ0) is 13.3. The van der Waals surface area contributed by atoms with E-state index in [0.29, 0.717) is 26.2 Å². The second kappa shape index (κ2) is 4.84. The molecule has 100 valence electrons. The van der Waals surface area contributed by atoms with Crippen molar-refractivity contribution in [3.05, 3.63) is 0 Å². The zero-order valence-electron chi connectivity index (χ0n) is 10.5. The quantitative estimate of drug-likeness (QED) is 0.709. The third kappa shape index (κ3) is 4.53. The van der Waals surface area contributed by atoms with E-state index in [1.165, 1.54) is 4.90 Å². The van der Waals surface area contributed by atoms with Gasteiger partial charge in [0.25, 0.3) is 0 Å². The lowest BCUT2D eigenvalue weighted by atomic mass is 9.94. The van der Waals surface area contributed by atoms with Gasteiger partial charge in [-0.25, -0.2) is 0 Å². The van der Waals surface area contributed by atoms with Crippen LogP contribution in [0.25, 0.3) is 0 Å². The van der Waals surface area contributed by atoms with Gasteiger partial charge in [-0.1, -0.05) is 20.8 Å². The van der Waals surface area contributed by atoms with E-state index in [-0.39, 0.29) is 5.91 Å². The standard InChI is InChI=1S/C11H19F3N2O/c1-10(2,3)9(17)16-6-4-15(5-7-16)8-11(12,13)14/h4-8H2,1-3H3. The number of alkyl halides is 3. The first kappa shape index (κ1) is 14.3. The monoisotopic (exact) mass is 252 g/mol. The lowest BCUT2D eigenvalue weighted by molar-refractivity contribution is -0.154. The van der Waals surface area contributed by atoms with E-state index < -0.39 is 18.1 Å². The minimum atomic E-state index is -4.16. The molecule has 1 heterocycles. The fourth-order valence-corrected chi connectivity index (χ4v) is 1.84. The molecule has 1 fully saturated rings. The first-order chi connectivity index (χ1) is 7.59. The van der Waals surface area contributed by atoms with E-state index >= 15 is 0 Å². The van der Waals surface area contributed by atoms with Crippen LogP contribution in [0.5, 0.6) is 0 Å². The predicted octanol–water partition coefficient (Wildman–Crippen LogP) is 1.74. The minimum absolute atomic E-state index is 0.00385. The number of piperazine rings is 1. The van der Waals surface area contributed by atoms with E-state index in [1.54, 1.807) is 4.90 Å². The molecule has 0 aromatic rings. The molecule has 1 aliphatic rings. The maximum absolute atomic E-state index is 12.2. The summed E-state index contributed by atoms with van der Waals surface area (Å²) in [6.07, 6.45) is -4.16. The van der Waals surface area contributed by atoms with Crippen LogP contribution in [0.1, 0.15) is 20.8 Å². The van der Waals surface area contributed by atoms with Crippen LogP contribution in [0.15, 0.2) is 0 Å². The summed E-state index contributed by atoms with van der Waals surface area (Å²) < 4.78 is 36.5. The highest BCUT2D eigenvalue weighted by molar-refractivity contribution is 5.81. The number of halogens is 3. The molecule has 0 aromatic heterocycles. The predicted molar refractivity (Wildman–Crippen MR) is 58.5 cm³/mol. The van der Waals surface area contributed by atoms with Gasteiger partial charge in [0, 0.05) is 31.6 Å². The zero-order valence-corrected chi connectivity index (χ0v) is 10.5. The molecule has 3 nitrogen and oxygen atoms in total. The Labute approximate surface area is 99.6 Å². The number of amides is 1. The van der Waals surface area contributed by atoms with Crippen molar-refractivity contribution >= 4 is 5.91 Å². The van der Waals surface area contributed by atoms with Gasteiger partial charge in [-0.2, -0.15) is 13.2 Å². The van der Waals surface area contributed by atoms with E-state index in [4.69, 9.17) is 0 Å². The van der Waals surface area contributed by atoms with Crippen LogP contribution >= 0.6 is 0 Å². The summed E-state index contributed by atoms with van der Waals surface area (Å²) in [7, 11) is 0. The van der Waals surface area contributed by atoms with E-state index in [9.17, 15) is 18.0 Å². The van der Waals surface area contributed by atoms with Crippen molar-refractivity contribution in [2.24, 2.45) is 5.41 Å².